The van der Waals surface area contributed by atoms with Crippen molar-refractivity contribution in [1.29, 1.82) is 0 Å². The average Bonchev–Trinajstić information content (AvgIpc) is 2.37. The van der Waals surface area contributed by atoms with Crippen LogP contribution in [0.3, 0.4) is 0 Å². The Morgan fingerprint density at radius 1 is 1.63 bits per heavy atom. The summed E-state index contributed by atoms with van der Waals surface area (Å²) >= 11 is 7.27. The summed E-state index contributed by atoms with van der Waals surface area (Å²) in [6.45, 7) is 0. The van der Waals surface area contributed by atoms with Crippen molar-refractivity contribution in [3.63, 3.8) is 0 Å². The van der Waals surface area contributed by atoms with Gasteiger partial charge in [0.2, 0.25) is 5.91 Å². The summed E-state index contributed by atoms with van der Waals surface area (Å²) < 4.78 is 0. The van der Waals surface area contributed by atoms with Gasteiger partial charge in [0, 0.05) is 11.8 Å². The summed E-state index contributed by atoms with van der Waals surface area (Å²) in [6.07, 6.45) is 2.47. The first-order valence-electron chi connectivity index (χ1n) is 5.45. The van der Waals surface area contributed by atoms with Crippen LogP contribution < -0.4 is 11.1 Å². The zero-order valence-electron chi connectivity index (χ0n) is 10.3. The molecule has 0 unspecified atom stereocenters. The van der Waals surface area contributed by atoms with Crippen molar-refractivity contribution < 1.29 is 9.72 Å². The SMILES string of the molecule is CSCC[C@@H](N)C(=O)Nc1ccc(Cl)c([N+](=O)[O-])c1. The number of nitrogens with one attached hydrogen (secondary N) is 1. The van der Waals surface area contributed by atoms with Crippen LogP contribution in [0.25, 0.3) is 0 Å². The standard InChI is InChI=1S/C11H14ClN3O3S/c1-19-5-4-9(13)11(16)14-7-2-3-8(12)10(6-7)15(17)18/h2-3,6,9H,4-5,13H2,1H3,(H,14,16)/t9-/m1/s1. The predicted molar refractivity (Wildman–Crippen MR) is 77.7 cm³/mol. The van der Waals surface area contributed by atoms with Crippen LogP contribution in [0.4, 0.5) is 11.4 Å². The quantitative estimate of drug-likeness (QED) is 0.620. The number of thioether (sulfide) groups is 1. The summed E-state index contributed by atoms with van der Waals surface area (Å²) in [7, 11) is 0. The van der Waals surface area contributed by atoms with E-state index in [0.717, 1.165) is 5.75 Å². The van der Waals surface area contributed by atoms with Gasteiger partial charge < -0.3 is 11.1 Å². The third-order valence-electron chi connectivity index (χ3n) is 2.38. The highest BCUT2D eigenvalue weighted by atomic mass is 35.5. The van der Waals surface area contributed by atoms with Crippen molar-refractivity contribution in [3.8, 4) is 0 Å². The van der Waals surface area contributed by atoms with E-state index in [0.29, 0.717) is 12.1 Å². The Kier molecular flexibility index (Phi) is 6.07. The third-order valence-corrected chi connectivity index (χ3v) is 3.34. The average molecular weight is 304 g/mol. The highest BCUT2D eigenvalue weighted by Crippen LogP contribution is 2.27. The van der Waals surface area contributed by atoms with Crippen molar-refractivity contribution in [1.82, 2.24) is 0 Å². The number of halogens is 1. The number of nitro groups is 1. The highest BCUT2D eigenvalue weighted by molar-refractivity contribution is 7.98. The van der Waals surface area contributed by atoms with E-state index >= 15 is 0 Å². The number of nitro benzene ring substituents is 1. The Morgan fingerprint density at radius 3 is 2.89 bits per heavy atom. The molecule has 0 radical (unpaired) electrons. The van der Waals surface area contributed by atoms with E-state index in [1.165, 1.54) is 18.2 Å². The second kappa shape index (κ2) is 7.32. The third kappa shape index (κ3) is 4.70. The second-order valence-electron chi connectivity index (χ2n) is 3.80. The smallest absolute Gasteiger partial charge is 0.289 e. The van der Waals surface area contributed by atoms with E-state index in [9.17, 15) is 14.9 Å². The van der Waals surface area contributed by atoms with Gasteiger partial charge in [-0.05, 0) is 30.6 Å². The van der Waals surface area contributed by atoms with Crippen LogP contribution in [-0.4, -0.2) is 28.9 Å². The van der Waals surface area contributed by atoms with Crippen LogP contribution >= 0.6 is 23.4 Å². The molecule has 8 heteroatoms. The van der Waals surface area contributed by atoms with Gasteiger partial charge in [-0.3, -0.25) is 14.9 Å². The Labute approximate surface area is 119 Å². The van der Waals surface area contributed by atoms with Crippen LogP contribution in [0.1, 0.15) is 6.42 Å². The first-order chi connectivity index (χ1) is 8.95. The molecule has 1 aromatic rings. The summed E-state index contributed by atoms with van der Waals surface area (Å²) in [5, 5.41) is 13.3. The highest BCUT2D eigenvalue weighted by Gasteiger charge is 2.16. The normalized spacial score (nSPS) is 11.9. The molecule has 0 heterocycles. The molecule has 0 aliphatic heterocycles. The number of hydrogen-bond acceptors (Lipinski definition) is 5. The first kappa shape index (κ1) is 15.7. The van der Waals surface area contributed by atoms with E-state index < -0.39 is 11.0 Å². The van der Waals surface area contributed by atoms with Gasteiger partial charge in [-0.25, -0.2) is 0 Å². The van der Waals surface area contributed by atoms with Gasteiger partial charge in [-0.15, -0.1) is 0 Å². The van der Waals surface area contributed by atoms with Crippen molar-refractivity contribution >= 4 is 40.6 Å². The Balaban J connectivity index is 2.74. The van der Waals surface area contributed by atoms with Gasteiger partial charge in [0.25, 0.3) is 5.69 Å². The van der Waals surface area contributed by atoms with Gasteiger partial charge in [0.15, 0.2) is 0 Å². The molecule has 0 aromatic heterocycles. The summed E-state index contributed by atoms with van der Waals surface area (Å²) in [5.74, 6) is 0.403. The number of benzene rings is 1. The monoisotopic (exact) mass is 303 g/mol. The van der Waals surface area contributed by atoms with E-state index in [-0.39, 0.29) is 16.6 Å². The molecule has 0 saturated heterocycles. The van der Waals surface area contributed by atoms with Crippen molar-refractivity contribution in [3.05, 3.63) is 33.3 Å². The Morgan fingerprint density at radius 2 is 2.32 bits per heavy atom. The molecule has 1 aromatic carbocycles. The molecule has 0 saturated carbocycles. The topological polar surface area (TPSA) is 98.3 Å². The number of nitrogens with two attached hydrogens (primary N) is 1. The lowest BCUT2D eigenvalue weighted by Crippen LogP contribution is -2.36. The lowest BCUT2D eigenvalue weighted by Gasteiger charge is -2.11. The van der Waals surface area contributed by atoms with Crippen LogP contribution in [0, 0.1) is 10.1 Å². The molecular weight excluding hydrogens is 290 g/mol. The van der Waals surface area contributed by atoms with Crippen LogP contribution in [0.5, 0.6) is 0 Å². The molecular formula is C11H14ClN3O3S. The number of rotatable bonds is 6. The van der Waals surface area contributed by atoms with E-state index in [2.05, 4.69) is 5.32 Å². The maximum Gasteiger partial charge on any atom is 0.289 e. The maximum atomic E-state index is 11.7. The number of nitrogens with zero attached hydrogens (tertiary/aromatic N) is 1. The van der Waals surface area contributed by atoms with Crippen LogP contribution in [-0.2, 0) is 4.79 Å². The van der Waals surface area contributed by atoms with Crippen molar-refractivity contribution in [2.75, 3.05) is 17.3 Å². The number of hydrogen-bond donors (Lipinski definition) is 2. The summed E-state index contributed by atoms with van der Waals surface area (Å²) in [6, 6.07) is 3.43. The number of carbonyl (C=O) groups excluding carboxylic acids is 1. The van der Waals surface area contributed by atoms with Gasteiger partial charge in [0.05, 0.1) is 11.0 Å². The molecule has 104 valence electrons. The second-order valence-corrected chi connectivity index (χ2v) is 5.19. The molecule has 1 amide bonds. The fourth-order valence-corrected chi connectivity index (χ4v) is 2.02. The molecule has 0 bridgehead atoms. The summed E-state index contributed by atoms with van der Waals surface area (Å²) in [4.78, 5) is 21.8. The molecule has 0 fully saturated rings. The van der Waals surface area contributed by atoms with Gasteiger partial charge in [0.1, 0.15) is 5.02 Å². The lowest BCUT2D eigenvalue weighted by molar-refractivity contribution is -0.384. The van der Waals surface area contributed by atoms with Gasteiger partial charge >= 0.3 is 0 Å². The van der Waals surface area contributed by atoms with Crippen LogP contribution in [0.2, 0.25) is 5.02 Å². The predicted octanol–water partition coefficient (Wildman–Crippen LogP) is 2.27. The fraction of sp³-hybridized carbons (Fsp3) is 0.364. The Bertz CT molecular complexity index is 484. The van der Waals surface area contributed by atoms with Crippen molar-refractivity contribution in [2.45, 2.75) is 12.5 Å². The Hall–Kier alpha value is -1.31. The molecule has 3 N–H and O–H groups in total. The largest absolute Gasteiger partial charge is 0.324 e. The number of carbonyl (C=O) groups is 1. The van der Waals surface area contributed by atoms with E-state index in [1.807, 2.05) is 6.26 Å². The maximum absolute atomic E-state index is 11.7. The minimum absolute atomic E-state index is 0.0229. The molecule has 19 heavy (non-hydrogen) atoms. The molecule has 0 aliphatic rings. The molecule has 0 aliphatic carbocycles. The zero-order valence-corrected chi connectivity index (χ0v) is 11.8. The van der Waals surface area contributed by atoms with E-state index in [4.69, 9.17) is 17.3 Å². The number of amides is 1. The number of anilines is 1. The molecule has 1 rings (SSSR count). The van der Waals surface area contributed by atoms with Crippen molar-refractivity contribution in [2.24, 2.45) is 5.73 Å². The van der Waals surface area contributed by atoms with E-state index in [1.54, 1.807) is 11.8 Å². The molecule has 6 nitrogen and oxygen atoms in total. The lowest BCUT2D eigenvalue weighted by atomic mass is 10.2. The summed E-state index contributed by atoms with van der Waals surface area (Å²) in [5.41, 5.74) is 5.75. The minimum atomic E-state index is -0.637. The van der Waals surface area contributed by atoms with Gasteiger partial charge in [-0.2, -0.15) is 11.8 Å². The van der Waals surface area contributed by atoms with Crippen LogP contribution in [0.15, 0.2) is 18.2 Å². The fourth-order valence-electron chi connectivity index (χ4n) is 1.34. The molecule has 0 spiro atoms. The first-order valence-corrected chi connectivity index (χ1v) is 7.22. The molecule has 1 atom stereocenters. The zero-order chi connectivity index (χ0) is 14.4. The minimum Gasteiger partial charge on any atom is -0.324 e. The van der Waals surface area contributed by atoms with Gasteiger partial charge in [-0.1, -0.05) is 11.6 Å².